The van der Waals surface area contributed by atoms with E-state index in [4.69, 9.17) is 4.74 Å². The zero-order chi connectivity index (χ0) is 19.7. The monoisotopic (exact) mass is 361 g/mol. The third kappa shape index (κ3) is 7.39. The van der Waals surface area contributed by atoms with Crippen LogP contribution in [0, 0.1) is 23.7 Å². The van der Waals surface area contributed by atoms with E-state index in [0.717, 1.165) is 31.6 Å². The van der Waals surface area contributed by atoms with Gasteiger partial charge in [0.15, 0.2) is 0 Å². The summed E-state index contributed by atoms with van der Waals surface area (Å²) in [6.07, 6.45) is 4.31. The van der Waals surface area contributed by atoms with E-state index in [1.165, 1.54) is 12.0 Å². The number of nitrogens with zero attached hydrogens (tertiary/aromatic N) is 1. The van der Waals surface area contributed by atoms with Gasteiger partial charge in [0.05, 0.1) is 7.11 Å². The van der Waals surface area contributed by atoms with Gasteiger partial charge in [-0.1, -0.05) is 46.8 Å². The molecule has 0 fully saturated rings. The summed E-state index contributed by atoms with van der Waals surface area (Å²) >= 11 is 0. The number of hydrogen-bond donors (Lipinski definition) is 0. The van der Waals surface area contributed by atoms with Crippen molar-refractivity contribution in [2.45, 2.75) is 60.3 Å². The SMILES string of the molecule is CC[C@@H](C)C(=O)N(C)CC[C@@H](C)C[C@H](C)[C@H](C)Cc1ccc(OC)cc1. The Bertz CT molecular complexity index is 526. The Morgan fingerprint density at radius 1 is 1.08 bits per heavy atom. The van der Waals surface area contributed by atoms with Gasteiger partial charge < -0.3 is 9.64 Å². The van der Waals surface area contributed by atoms with Gasteiger partial charge in [0.1, 0.15) is 5.75 Å². The van der Waals surface area contributed by atoms with Crippen LogP contribution in [0.5, 0.6) is 5.75 Å². The van der Waals surface area contributed by atoms with Crippen molar-refractivity contribution in [2.75, 3.05) is 20.7 Å². The summed E-state index contributed by atoms with van der Waals surface area (Å²) in [4.78, 5) is 14.1. The summed E-state index contributed by atoms with van der Waals surface area (Å²) in [6.45, 7) is 12.0. The van der Waals surface area contributed by atoms with Gasteiger partial charge in [0.2, 0.25) is 5.91 Å². The predicted molar refractivity (Wildman–Crippen MR) is 111 cm³/mol. The van der Waals surface area contributed by atoms with Crippen LogP contribution >= 0.6 is 0 Å². The number of benzene rings is 1. The molecule has 148 valence electrons. The standard InChI is InChI=1S/C23H39NO2/c1-8-18(3)23(25)24(6)14-13-17(2)15-19(4)20(5)16-21-9-11-22(26-7)12-10-21/h9-12,17-20H,8,13-16H2,1-7H3/t17-,18-,19+,20-/m1/s1. The zero-order valence-electron chi connectivity index (χ0n) is 17.9. The maximum Gasteiger partial charge on any atom is 0.225 e. The Morgan fingerprint density at radius 3 is 2.23 bits per heavy atom. The van der Waals surface area contributed by atoms with Gasteiger partial charge in [-0.2, -0.15) is 0 Å². The molecule has 1 rings (SSSR count). The summed E-state index contributed by atoms with van der Waals surface area (Å²) in [5.41, 5.74) is 1.37. The van der Waals surface area contributed by atoms with E-state index >= 15 is 0 Å². The van der Waals surface area contributed by atoms with Crippen molar-refractivity contribution in [3.8, 4) is 5.75 Å². The first-order valence-electron chi connectivity index (χ1n) is 10.2. The van der Waals surface area contributed by atoms with Crippen molar-refractivity contribution in [2.24, 2.45) is 23.7 Å². The number of carbonyl (C=O) groups excluding carboxylic acids is 1. The molecule has 1 amide bonds. The van der Waals surface area contributed by atoms with Crippen LogP contribution in [0.15, 0.2) is 24.3 Å². The van der Waals surface area contributed by atoms with Gasteiger partial charge in [-0.05, 0) is 61.1 Å². The van der Waals surface area contributed by atoms with Crippen LogP contribution < -0.4 is 4.74 Å². The van der Waals surface area contributed by atoms with Crippen molar-refractivity contribution < 1.29 is 9.53 Å². The Balaban J connectivity index is 2.40. The molecule has 0 unspecified atom stereocenters. The van der Waals surface area contributed by atoms with Crippen LogP contribution in [0.1, 0.15) is 59.4 Å². The third-order valence-corrected chi connectivity index (χ3v) is 5.83. The largest absolute Gasteiger partial charge is 0.497 e. The summed E-state index contributed by atoms with van der Waals surface area (Å²) in [5.74, 6) is 3.28. The lowest BCUT2D eigenvalue weighted by Crippen LogP contribution is -2.33. The molecule has 3 heteroatoms. The molecule has 0 aliphatic carbocycles. The fourth-order valence-corrected chi connectivity index (χ4v) is 3.39. The molecule has 0 N–H and O–H groups in total. The molecule has 26 heavy (non-hydrogen) atoms. The van der Waals surface area contributed by atoms with E-state index in [1.807, 2.05) is 31.0 Å². The minimum atomic E-state index is 0.138. The molecule has 0 heterocycles. The molecule has 0 radical (unpaired) electrons. The van der Waals surface area contributed by atoms with Gasteiger partial charge in [0.25, 0.3) is 0 Å². The normalized spacial score (nSPS) is 15.8. The molecule has 4 atom stereocenters. The maximum atomic E-state index is 12.2. The van der Waals surface area contributed by atoms with Crippen LogP contribution in [0.2, 0.25) is 0 Å². The molecule has 0 saturated heterocycles. The van der Waals surface area contributed by atoms with Crippen LogP contribution in [0.25, 0.3) is 0 Å². The lowest BCUT2D eigenvalue weighted by molar-refractivity contribution is -0.133. The Labute approximate surface area is 161 Å². The van der Waals surface area contributed by atoms with Crippen molar-refractivity contribution in [3.63, 3.8) is 0 Å². The van der Waals surface area contributed by atoms with E-state index in [9.17, 15) is 4.79 Å². The van der Waals surface area contributed by atoms with Gasteiger partial charge in [-0.15, -0.1) is 0 Å². The van der Waals surface area contributed by atoms with Gasteiger partial charge in [0, 0.05) is 19.5 Å². The first-order chi connectivity index (χ1) is 12.3. The molecular formula is C23H39NO2. The molecule has 0 aromatic heterocycles. The van der Waals surface area contributed by atoms with Gasteiger partial charge in [-0.25, -0.2) is 0 Å². The smallest absolute Gasteiger partial charge is 0.225 e. The number of rotatable bonds is 11. The summed E-state index contributed by atoms with van der Waals surface area (Å²) in [6, 6.07) is 8.42. The molecule has 0 bridgehead atoms. The molecule has 0 aliphatic heterocycles. The highest BCUT2D eigenvalue weighted by Gasteiger charge is 2.19. The predicted octanol–water partition coefficient (Wildman–Crippen LogP) is 5.43. The first kappa shape index (κ1) is 22.5. The third-order valence-electron chi connectivity index (χ3n) is 5.83. The summed E-state index contributed by atoms with van der Waals surface area (Å²) in [7, 11) is 3.64. The fraction of sp³-hybridized carbons (Fsp3) is 0.696. The Hall–Kier alpha value is -1.51. The van der Waals surface area contributed by atoms with Gasteiger partial charge >= 0.3 is 0 Å². The minimum Gasteiger partial charge on any atom is -0.497 e. The number of methoxy groups -OCH3 is 1. The average Bonchev–Trinajstić information content (AvgIpc) is 2.65. The highest BCUT2D eigenvalue weighted by atomic mass is 16.5. The first-order valence-corrected chi connectivity index (χ1v) is 10.2. The second kappa shape index (κ2) is 11.3. The molecule has 1 aromatic carbocycles. The highest BCUT2D eigenvalue weighted by Crippen LogP contribution is 2.26. The van der Waals surface area contributed by atoms with Crippen molar-refractivity contribution in [1.82, 2.24) is 4.90 Å². The second-order valence-electron chi connectivity index (χ2n) is 8.21. The molecular weight excluding hydrogens is 322 g/mol. The van der Waals surface area contributed by atoms with E-state index in [1.54, 1.807) is 7.11 Å². The van der Waals surface area contributed by atoms with Crippen LogP contribution in [0.4, 0.5) is 0 Å². The van der Waals surface area contributed by atoms with Crippen molar-refractivity contribution in [1.29, 1.82) is 0 Å². The van der Waals surface area contributed by atoms with Crippen molar-refractivity contribution in [3.05, 3.63) is 29.8 Å². The van der Waals surface area contributed by atoms with Crippen LogP contribution in [-0.4, -0.2) is 31.5 Å². The number of carbonyl (C=O) groups is 1. The van der Waals surface area contributed by atoms with E-state index in [0.29, 0.717) is 17.8 Å². The number of amides is 1. The van der Waals surface area contributed by atoms with Crippen molar-refractivity contribution >= 4 is 5.91 Å². The summed E-state index contributed by atoms with van der Waals surface area (Å²) in [5, 5.41) is 0. The molecule has 0 aliphatic rings. The number of ether oxygens (including phenoxy) is 1. The van der Waals surface area contributed by atoms with Crippen LogP contribution in [0.3, 0.4) is 0 Å². The average molecular weight is 362 g/mol. The molecule has 0 spiro atoms. The maximum absolute atomic E-state index is 12.2. The van der Waals surface area contributed by atoms with E-state index < -0.39 is 0 Å². The van der Waals surface area contributed by atoms with E-state index in [-0.39, 0.29) is 11.8 Å². The fourth-order valence-electron chi connectivity index (χ4n) is 3.39. The van der Waals surface area contributed by atoms with Crippen LogP contribution in [-0.2, 0) is 11.2 Å². The Morgan fingerprint density at radius 2 is 1.69 bits per heavy atom. The second-order valence-corrected chi connectivity index (χ2v) is 8.21. The number of hydrogen-bond acceptors (Lipinski definition) is 2. The van der Waals surface area contributed by atoms with Gasteiger partial charge in [-0.3, -0.25) is 4.79 Å². The Kier molecular flexibility index (Phi) is 9.75. The lowest BCUT2D eigenvalue weighted by Gasteiger charge is -2.26. The molecule has 0 saturated carbocycles. The lowest BCUT2D eigenvalue weighted by atomic mass is 9.83. The topological polar surface area (TPSA) is 29.5 Å². The molecule has 3 nitrogen and oxygen atoms in total. The minimum absolute atomic E-state index is 0.138. The highest BCUT2D eigenvalue weighted by molar-refractivity contribution is 5.78. The quantitative estimate of drug-likeness (QED) is 0.526. The van der Waals surface area contributed by atoms with E-state index in [2.05, 4.69) is 39.8 Å². The molecule has 1 aromatic rings. The zero-order valence-corrected chi connectivity index (χ0v) is 17.9. The summed E-state index contributed by atoms with van der Waals surface area (Å²) < 4.78 is 5.23.